The molecule has 21 heavy (non-hydrogen) atoms. The minimum atomic E-state index is 0.0853. The second kappa shape index (κ2) is 6.72. The zero-order chi connectivity index (χ0) is 15.3. The number of nitrogens with zero attached hydrogens (tertiary/aromatic N) is 1. The standard InChI is InChI=1S/C18H24N2O/c1-14-8-9-17(15(11-14)12-20-18(2,3)4)21-13-16-7-5-6-10-19-16/h5-11,20H,12-13H2,1-4H3. The van der Waals surface area contributed by atoms with Gasteiger partial charge in [0.2, 0.25) is 0 Å². The Balaban J connectivity index is 2.07. The fraction of sp³-hybridized carbons (Fsp3) is 0.389. The van der Waals surface area contributed by atoms with E-state index in [0.29, 0.717) is 6.61 Å². The third-order valence-electron chi connectivity index (χ3n) is 3.13. The number of aryl methyl sites for hydroxylation is 1. The highest BCUT2D eigenvalue weighted by molar-refractivity contribution is 5.37. The molecular formula is C18H24N2O. The van der Waals surface area contributed by atoms with E-state index in [2.05, 4.69) is 50.1 Å². The summed E-state index contributed by atoms with van der Waals surface area (Å²) in [5, 5.41) is 3.51. The second-order valence-corrected chi connectivity index (χ2v) is 6.32. The van der Waals surface area contributed by atoms with Gasteiger partial charge < -0.3 is 10.1 Å². The summed E-state index contributed by atoms with van der Waals surface area (Å²) >= 11 is 0. The van der Waals surface area contributed by atoms with Crippen LogP contribution in [-0.2, 0) is 13.2 Å². The van der Waals surface area contributed by atoms with Crippen LogP contribution >= 0.6 is 0 Å². The molecule has 1 heterocycles. The van der Waals surface area contributed by atoms with Crippen LogP contribution in [0.15, 0.2) is 42.6 Å². The van der Waals surface area contributed by atoms with Crippen LogP contribution < -0.4 is 10.1 Å². The molecule has 0 aliphatic carbocycles. The van der Waals surface area contributed by atoms with Crippen LogP contribution in [0, 0.1) is 6.92 Å². The number of hydrogen-bond acceptors (Lipinski definition) is 3. The lowest BCUT2D eigenvalue weighted by Crippen LogP contribution is -2.35. The maximum Gasteiger partial charge on any atom is 0.130 e. The Morgan fingerprint density at radius 1 is 1.14 bits per heavy atom. The largest absolute Gasteiger partial charge is 0.487 e. The lowest BCUT2D eigenvalue weighted by Gasteiger charge is -2.22. The van der Waals surface area contributed by atoms with E-state index >= 15 is 0 Å². The molecule has 0 aliphatic rings. The first-order chi connectivity index (χ1) is 9.94. The van der Waals surface area contributed by atoms with E-state index in [1.54, 1.807) is 6.20 Å². The first-order valence-electron chi connectivity index (χ1n) is 7.31. The maximum absolute atomic E-state index is 5.94. The van der Waals surface area contributed by atoms with Crippen molar-refractivity contribution in [1.82, 2.24) is 10.3 Å². The van der Waals surface area contributed by atoms with E-state index < -0.39 is 0 Å². The van der Waals surface area contributed by atoms with Crippen molar-refractivity contribution in [2.45, 2.75) is 46.4 Å². The average molecular weight is 284 g/mol. The van der Waals surface area contributed by atoms with Crippen molar-refractivity contribution in [1.29, 1.82) is 0 Å². The summed E-state index contributed by atoms with van der Waals surface area (Å²) in [7, 11) is 0. The Hall–Kier alpha value is -1.87. The molecular weight excluding hydrogens is 260 g/mol. The predicted molar refractivity (Wildman–Crippen MR) is 86.3 cm³/mol. The Morgan fingerprint density at radius 2 is 1.95 bits per heavy atom. The summed E-state index contributed by atoms with van der Waals surface area (Å²) in [5.74, 6) is 0.919. The van der Waals surface area contributed by atoms with Gasteiger partial charge in [0, 0.05) is 23.8 Å². The number of aromatic nitrogens is 1. The van der Waals surface area contributed by atoms with E-state index in [1.165, 1.54) is 11.1 Å². The number of hydrogen-bond donors (Lipinski definition) is 1. The Bertz CT molecular complexity index is 574. The van der Waals surface area contributed by atoms with Crippen molar-refractivity contribution in [2.24, 2.45) is 0 Å². The fourth-order valence-electron chi connectivity index (χ4n) is 1.98. The zero-order valence-corrected chi connectivity index (χ0v) is 13.3. The van der Waals surface area contributed by atoms with Crippen LogP contribution in [0.3, 0.4) is 0 Å². The molecule has 0 saturated carbocycles. The van der Waals surface area contributed by atoms with Gasteiger partial charge in [-0.2, -0.15) is 0 Å². The number of nitrogens with one attached hydrogen (secondary N) is 1. The monoisotopic (exact) mass is 284 g/mol. The predicted octanol–water partition coefficient (Wildman–Crippen LogP) is 3.86. The third-order valence-corrected chi connectivity index (χ3v) is 3.13. The highest BCUT2D eigenvalue weighted by Crippen LogP contribution is 2.21. The van der Waals surface area contributed by atoms with Gasteiger partial charge in [0.05, 0.1) is 5.69 Å². The quantitative estimate of drug-likeness (QED) is 0.905. The minimum absolute atomic E-state index is 0.0853. The van der Waals surface area contributed by atoms with Gasteiger partial charge in [-0.25, -0.2) is 0 Å². The molecule has 0 spiro atoms. The number of rotatable bonds is 5. The van der Waals surface area contributed by atoms with Crippen LogP contribution in [-0.4, -0.2) is 10.5 Å². The van der Waals surface area contributed by atoms with Crippen LogP contribution in [0.2, 0.25) is 0 Å². The Kier molecular flexibility index (Phi) is 4.97. The van der Waals surface area contributed by atoms with Crippen molar-refractivity contribution in [3.8, 4) is 5.75 Å². The van der Waals surface area contributed by atoms with Gasteiger partial charge in [-0.05, 0) is 45.9 Å². The normalized spacial score (nSPS) is 11.4. The van der Waals surface area contributed by atoms with Crippen molar-refractivity contribution >= 4 is 0 Å². The molecule has 2 aromatic rings. The summed E-state index contributed by atoms with van der Waals surface area (Å²) in [5.41, 5.74) is 3.45. The van der Waals surface area contributed by atoms with Gasteiger partial charge in [0.25, 0.3) is 0 Å². The van der Waals surface area contributed by atoms with Gasteiger partial charge in [0.15, 0.2) is 0 Å². The minimum Gasteiger partial charge on any atom is -0.487 e. The summed E-state index contributed by atoms with van der Waals surface area (Å²) in [6, 6.07) is 12.1. The highest BCUT2D eigenvalue weighted by atomic mass is 16.5. The van der Waals surface area contributed by atoms with Gasteiger partial charge in [0.1, 0.15) is 12.4 Å². The summed E-state index contributed by atoms with van der Waals surface area (Å²) < 4.78 is 5.94. The zero-order valence-electron chi connectivity index (χ0n) is 13.3. The summed E-state index contributed by atoms with van der Waals surface area (Å²) in [4.78, 5) is 4.29. The lowest BCUT2D eigenvalue weighted by atomic mass is 10.1. The molecule has 3 heteroatoms. The molecule has 1 N–H and O–H groups in total. The topological polar surface area (TPSA) is 34.1 Å². The van der Waals surface area contributed by atoms with Crippen LogP contribution in [0.25, 0.3) is 0 Å². The molecule has 1 aromatic carbocycles. The molecule has 0 fully saturated rings. The molecule has 1 aromatic heterocycles. The van der Waals surface area contributed by atoms with Crippen molar-refractivity contribution in [2.75, 3.05) is 0 Å². The molecule has 0 unspecified atom stereocenters. The van der Waals surface area contributed by atoms with Crippen molar-refractivity contribution in [3.05, 3.63) is 59.4 Å². The van der Waals surface area contributed by atoms with Gasteiger partial charge in [-0.1, -0.05) is 23.8 Å². The van der Waals surface area contributed by atoms with Crippen LogP contribution in [0.1, 0.15) is 37.6 Å². The highest BCUT2D eigenvalue weighted by Gasteiger charge is 2.11. The second-order valence-electron chi connectivity index (χ2n) is 6.32. The Morgan fingerprint density at radius 3 is 2.62 bits per heavy atom. The average Bonchev–Trinajstić information content (AvgIpc) is 2.44. The van der Waals surface area contributed by atoms with E-state index in [-0.39, 0.29) is 5.54 Å². The van der Waals surface area contributed by atoms with Gasteiger partial charge in [-0.15, -0.1) is 0 Å². The fourth-order valence-corrected chi connectivity index (χ4v) is 1.98. The van der Waals surface area contributed by atoms with E-state index in [0.717, 1.165) is 18.0 Å². The number of benzene rings is 1. The smallest absolute Gasteiger partial charge is 0.130 e. The first kappa shape index (κ1) is 15.5. The molecule has 3 nitrogen and oxygen atoms in total. The van der Waals surface area contributed by atoms with Crippen LogP contribution in [0.5, 0.6) is 5.75 Å². The molecule has 0 aliphatic heterocycles. The van der Waals surface area contributed by atoms with Crippen LogP contribution in [0.4, 0.5) is 0 Å². The van der Waals surface area contributed by atoms with E-state index in [1.807, 2.05) is 24.3 Å². The maximum atomic E-state index is 5.94. The van der Waals surface area contributed by atoms with Gasteiger partial charge >= 0.3 is 0 Å². The van der Waals surface area contributed by atoms with E-state index in [4.69, 9.17) is 4.74 Å². The summed E-state index contributed by atoms with van der Waals surface area (Å²) in [6.07, 6.45) is 1.79. The molecule has 0 amide bonds. The van der Waals surface area contributed by atoms with Crippen molar-refractivity contribution in [3.63, 3.8) is 0 Å². The first-order valence-corrected chi connectivity index (χ1v) is 7.31. The molecule has 2 rings (SSSR count). The van der Waals surface area contributed by atoms with E-state index in [9.17, 15) is 0 Å². The molecule has 0 atom stereocenters. The summed E-state index contributed by atoms with van der Waals surface area (Å²) in [6.45, 7) is 9.88. The third kappa shape index (κ3) is 5.20. The number of ether oxygens (including phenoxy) is 1. The van der Waals surface area contributed by atoms with Crippen molar-refractivity contribution < 1.29 is 4.74 Å². The number of pyridine rings is 1. The lowest BCUT2D eigenvalue weighted by molar-refractivity contribution is 0.295. The molecule has 0 saturated heterocycles. The molecule has 0 radical (unpaired) electrons. The SMILES string of the molecule is Cc1ccc(OCc2ccccn2)c(CNC(C)(C)C)c1. The van der Waals surface area contributed by atoms with Gasteiger partial charge in [-0.3, -0.25) is 4.98 Å². The molecule has 0 bridgehead atoms. The Labute approximate surface area is 127 Å². The molecule has 112 valence electrons.